The number of aliphatic hydroxyl groups is 1. The maximum atomic E-state index is 13.5. The molecule has 2 unspecified atom stereocenters. The smallest absolute Gasteiger partial charge is 0.124 e. The standard InChI is InChI=1S/C14H19FN2OS/c1-9-2-3-17(8-13(9)18)7-10-4-11(14(16)19)6-12(15)5-10/h4-6,9,13,18H,2-3,7-8H2,1H3,(H2,16,19). The summed E-state index contributed by atoms with van der Waals surface area (Å²) < 4.78 is 13.5. The number of thiocarbonyl (C=S) groups is 1. The van der Waals surface area contributed by atoms with Gasteiger partial charge < -0.3 is 10.8 Å². The van der Waals surface area contributed by atoms with Gasteiger partial charge in [0, 0.05) is 18.7 Å². The van der Waals surface area contributed by atoms with Crippen LogP contribution in [0.25, 0.3) is 0 Å². The van der Waals surface area contributed by atoms with E-state index in [0.29, 0.717) is 24.6 Å². The normalized spacial score (nSPS) is 24.4. The summed E-state index contributed by atoms with van der Waals surface area (Å²) in [5, 5.41) is 9.87. The zero-order chi connectivity index (χ0) is 14.0. The van der Waals surface area contributed by atoms with Crippen LogP contribution in [0.3, 0.4) is 0 Å². The number of likely N-dealkylation sites (tertiary alicyclic amines) is 1. The molecule has 0 amide bonds. The van der Waals surface area contributed by atoms with Crippen molar-refractivity contribution in [3.05, 3.63) is 35.1 Å². The van der Waals surface area contributed by atoms with Crippen LogP contribution in [-0.2, 0) is 6.54 Å². The third-order valence-corrected chi connectivity index (χ3v) is 3.89. The number of piperidine rings is 1. The van der Waals surface area contributed by atoms with Crippen LogP contribution < -0.4 is 5.73 Å². The Bertz CT molecular complexity index is 481. The first-order valence-corrected chi connectivity index (χ1v) is 6.86. The number of aliphatic hydroxyl groups excluding tert-OH is 1. The number of nitrogens with zero attached hydrogens (tertiary/aromatic N) is 1. The topological polar surface area (TPSA) is 49.5 Å². The van der Waals surface area contributed by atoms with Gasteiger partial charge in [0.2, 0.25) is 0 Å². The van der Waals surface area contributed by atoms with Gasteiger partial charge in [0.25, 0.3) is 0 Å². The molecule has 5 heteroatoms. The van der Waals surface area contributed by atoms with Crippen LogP contribution in [0.5, 0.6) is 0 Å². The van der Waals surface area contributed by atoms with Gasteiger partial charge in [0.1, 0.15) is 10.8 Å². The predicted octanol–water partition coefficient (Wildman–Crippen LogP) is 1.66. The number of nitrogens with two attached hydrogens (primary N) is 1. The minimum Gasteiger partial charge on any atom is -0.392 e. The molecule has 1 aliphatic heterocycles. The van der Waals surface area contributed by atoms with Crippen LogP contribution in [0.15, 0.2) is 18.2 Å². The Hall–Kier alpha value is -1.04. The summed E-state index contributed by atoms with van der Waals surface area (Å²) in [4.78, 5) is 2.33. The van der Waals surface area contributed by atoms with E-state index < -0.39 is 0 Å². The minimum atomic E-state index is -0.328. The van der Waals surface area contributed by atoms with E-state index in [0.717, 1.165) is 18.5 Å². The van der Waals surface area contributed by atoms with Gasteiger partial charge in [-0.05, 0) is 42.6 Å². The molecule has 1 aliphatic rings. The van der Waals surface area contributed by atoms with Crippen LogP contribution >= 0.6 is 12.2 Å². The molecule has 2 atom stereocenters. The molecule has 0 aromatic heterocycles. The van der Waals surface area contributed by atoms with Crippen molar-refractivity contribution >= 4 is 17.2 Å². The molecule has 0 bridgehead atoms. The molecule has 1 fully saturated rings. The molecule has 0 aliphatic carbocycles. The summed E-state index contributed by atoms with van der Waals surface area (Å²) in [5.74, 6) is 0.00201. The fourth-order valence-electron chi connectivity index (χ4n) is 2.40. The third-order valence-electron chi connectivity index (χ3n) is 3.65. The molecular weight excluding hydrogens is 263 g/mol. The molecule has 104 valence electrons. The largest absolute Gasteiger partial charge is 0.392 e. The highest BCUT2D eigenvalue weighted by molar-refractivity contribution is 7.80. The van der Waals surface area contributed by atoms with Crippen molar-refractivity contribution in [2.45, 2.75) is 26.0 Å². The van der Waals surface area contributed by atoms with Crippen molar-refractivity contribution in [2.75, 3.05) is 13.1 Å². The number of hydrogen-bond donors (Lipinski definition) is 2. The highest BCUT2D eigenvalue weighted by Crippen LogP contribution is 2.19. The molecule has 3 nitrogen and oxygen atoms in total. The van der Waals surface area contributed by atoms with Gasteiger partial charge >= 0.3 is 0 Å². The fourth-order valence-corrected chi connectivity index (χ4v) is 2.52. The van der Waals surface area contributed by atoms with Crippen LogP contribution in [0.4, 0.5) is 4.39 Å². The van der Waals surface area contributed by atoms with Gasteiger partial charge in [-0.2, -0.15) is 0 Å². The van der Waals surface area contributed by atoms with Crippen molar-refractivity contribution < 1.29 is 9.50 Å². The van der Waals surface area contributed by atoms with E-state index in [1.54, 1.807) is 0 Å². The minimum absolute atomic E-state index is 0.202. The van der Waals surface area contributed by atoms with E-state index in [-0.39, 0.29) is 16.9 Å². The van der Waals surface area contributed by atoms with Crippen LogP contribution in [0.2, 0.25) is 0 Å². The lowest BCUT2D eigenvalue weighted by molar-refractivity contribution is 0.0259. The summed E-state index contributed by atoms with van der Waals surface area (Å²) in [7, 11) is 0. The first kappa shape index (κ1) is 14.4. The molecule has 0 saturated carbocycles. The van der Waals surface area contributed by atoms with E-state index in [9.17, 15) is 9.50 Å². The Morgan fingerprint density at radius 2 is 2.26 bits per heavy atom. The Labute approximate surface area is 118 Å². The van der Waals surface area contributed by atoms with Gasteiger partial charge in [0.05, 0.1) is 6.10 Å². The third kappa shape index (κ3) is 3.72. The first-order valence-electron chi connectivity index (χ1n) is 6.45. The van der Waals surface area contributed by atoms with Crippen molar-refractivity contribution in [1.82, 2.24) is 4.90 Å². The SMILES string of the molecule is CC1CCN(Cc2cc(F)cc(C(N)=S)c2)CC1O. The van der Waals surface area contributed by atoms with Gasteiger partial charge in [0.15, 0.2) is 0 Å². The maximum Gasteiger partial charge on any atom is 0.124 e. The fraction of sp³-hybridized carbons (Fsp3) is 0.500. The van der Waals surface area contributed by atoms with E-state index in [1.165, 1.54) is 12.1 Å². The Morgan fingerprint density at radius 1 is 1.53 bits per heavy atom. The lowest BCUT2D eigenvalue weighted by atomic mass is 9.95. The molecule has 19 heavy (non-hydrogen) atoms. The lowest BCUT2D eigenvalue weighted by Gasteiger charge is -2.34. The monoisotopic (exact) mass is 282 g/mol. The average Bonchev–Trinajstić information content (AvgIpc) is 2.33. The van der Waals surface area contributed by atoms with Crippen molar-refractivity contribution in [1.29, 1.82) is 0 Å². The molecule has 1 aromatic carbocycles. The Morgan fingerprint density at radius 3 is 2.89 bits per heavy atom. The van der Waals surface area contributed by atoms with E-state index in [2.05, 4.69) is 11.8 Å². The van der Waals surface area contributed by atoms with Crippen LogP contribution in [0.1, 0.15) is 24.5 Å². The molecule has 1 aromatic rings. The van der Waals surface area contributed by atoms with E-state index in [4.69, 9.17) is 18.0 Å². The lowest BCUT2D eigenvalue weighted by Crippen LogP contribution is -2.42. The number of rotatable bonds is 3. The second-order valence-electron chi connectivity index (χ2n) is 5.28. The quantitative estimate of drug-likeness (QED) is 0.828. The summed E-state index contributed by atoms with van der Waals surface area (Å²) in [6, 6.07) is 4.65. The summed E-state index contributed by atoms with van der Waals surface area (Å²) >= 11 is 4.88. The summed E-state index contributed by atoms with van der Waals surface area (Å²) in [6.45, 7) is 4.20. The molecule has 1 saturated heterocycles. The van der Waals surface area contributed by atoms with Gasteiger partial charge in [-0.15, -0.1) is 0 Å². The van der Waals surface area contributed by atoms with Crippen molar-refractivity contribution in [3.8, 4) is 0 Å². The highest BCUT2D eigenvalue weighted by atomic mass is 32.1. The first-order chi connectivity index (χ1) is 8.95. The zero-order valence-corrected chi connectivity index (χ0v) is 11.8. The Kier molecular flexibility index (Phi) is 4.50. The molecule has 0 radical (unpaired) electrons. The summed E-state index contributed by atoms with van der Waals surface area (Å²) in [5.41, 5.74) is 6.93. The summed E-state index contributed by atoms with van der Waals surface area (Å²) in [6.07, 6.45) is 0.649. The van der Waals surface area contributed by atoms with Gasteiger partial charge in [-0.25, -0.2) is 4.39 Å². The maximum absolute atomic E-state index is 13.5. The van der Waals surface area contributed by atoms with Crippen molar-refractivity contribution in [2.24, 2.45) is 11.7 Å². The molecule has 1 heterocycles. The molecular formula is C14H19FN2OS. The van der Waals surface area contributed by atoms with Gasteiger partial charge in [-0.1, -0.05) is 19.1 Å². The second-order valence-corrected chi connectivity index (χ2v) is 5.72. The predicted molar refractivity (Wildman–Crippen MR) is 77.4 cm³/mol. The highest BCUT2D eigenvalue weighted by Gasteiger charge is 2.24. The van der Waals surface area contributed by atoms with Crippen LogP contribution in [0, 0.1) is 11.7 Å². The van der Waals surface area contributed by atoms with E-state index >= 15 is 0 Å². The van der Waals surface area contributed by atoms with Crippen molar-refractivity contribution in [3.63, 3.8) is 0 Å². The molecule has 0 spiro atoms. The molecule has 3 N–H and O–H groups in total. The number of hydrogen-bond acceptors (Lipinski definition) is 3. The average molecular weight is 282 g/mol. The number of benzene rings is 1. The van der Waals surface area contributed by atoms with E-state index in [1.807, 2.05) is 6.07 Å². The van der Waals surface area contributed by atoms with Gasteiger partial charge in [-0.3, -0.25) is 4.90 Å². The molecule has 2 rings (SSSR count). The van der Waals surface area contributed by atoms with Crippen LogP contribution in [-0.4, -0.2) is 34.2 Å². The second kappa shape index (κ2) is 5.94. The Balaban J connectivity index is 2.09. The number of β-amino-alcohol motifs (C(OH)–C–C–N with tert-alkyl or cyclic N) is 1. The number of halogens is 1. The zero-order valence-electron chi connectivity index (χ0n) is 11.0.